The average Bonchev–Trinajstić information content (AvgIpc) is 3.11. The number of allylic oxidation sites excluding steroid dienone is 4. The van der Waals surface area contributed by atoms with Crippen LogP contribution in [0, 0.1) is 5.92 Å². The summed E-state index contributed by atoms with van der Waals surface area (Å²) in [7, 11) is 2.15. The minimum Gasteiger partial charge on any atom is -0.314 e. The molecule has 1 heterocycles. The lowest BCUT2D eigenvalue weighted by Gasteiger charge is -2.21. The number of hydrogen-bond acceptors (Lipinski definition) is 5. The van der Waals surface area contributed by atoms with Gasteiger partial charge in [0, 0.05) is 45.4 Å². The van der Waals surface area contributed by atoms with Crippen molar-refractivity contribution in [3.63, 3.8) is 0 Å². The standard InChI is InChI=1S/C39H70O3.C5H12N2/c1-3-5-7-9-11-13-15-17-19-21-23-25-27-29-31-33-38(41)35-37(36-40)39(42)34-32-30-28-26-24-22-20-18-16-14-12-10-8-6-4-2;1-7-4-2-6-3-5-7/h17-20,36-37H,3-16,21-35H2,1-2H3;6H,2-5H2,1H3/b19-17-,20-18-;. The van der Waals surface area contributed by atoms with Crippen molar-refractivity contribution in [2.24, 2.45) is 5.92 Å². The number of rotatable bonds is 34. The zero-order valence-corrected chi connectivity index (χ0v) is 33.0. The predicted octanol–water partition coefficient (Wildman–Crippen LogP) is 11.9. The summed E-state index contributed by atoms with van der Waals surface area (Å²) in [6.07, 6.45) is 43.1. The summed E-state index contributed by atoms with van der Waals surface area (Å²) in [5.74, 6) is -0.694. The normalized spacial score (nSPS) is 14.3. The number of hydrogen-bond donors (Lipinski definition) is 1. The fraction of sp³-hybridized carbons (Fsp3) is 0.841. The molecule has 5 heteroatoms. The number of unbranched alkanes of at least 4 members (excludes halogenated alkanes) is 22. The van der Waals surface area contributed by atoms with E-state index in [4.69, 9.17) is 0 Å². The van der Waals surface area contributed by atoms with E-state index in [1.807, 2.05) is 0 Å². The summed E-state index contributed by atoms with van der Waals surface area (Å²) in [6.45, 7) is 9.27. The Balaban J connectivity index is 0.00000289. The van der Waals surface area contributed by atoms with Gasteiger partial charge in [-0.25, -0.2) is 0 Å². The summed E-state index contributed by atoms with van der Waals surface area (Å²) >= 11 is 0. The molecule has 1 unspecified atom stereocenters. The van der Waals surface area contributed by atoms with E-state index in [0.717, 1.165) is 64.5 Å². The lowest BCUT2D eigenvalue weighted by molar-refractivity contribution is -0.132. The van der Waals surface area contributed by atoms with E-state index in [0.29, 0.717) is 19.1 Å². The van der Waals surface area contributed by atoms with Crippen molar-refractivity contribution < 1.29 is 14.4 Å². The second kappa shape index (κ2) is 39.2. The first-order valence-corrected chi connectivity index (χ1v) is 21.2. The number of likely N-dealkylation sites (N-methyl/N-ethyl adjacent to an activating group) is 1. The lowest BCUT2D eigenvalue weighted by atomic mass is 9.93. The maximum absolute atomic E-state index is 12.5. The fourth-order valence-corrected chi connectivity index (χ4v) is 6.31. The summed E-state index contributed by atoms with van der Waals surface area (Å²) < 4.78 is 0. The molecular formula is C44H82N2O3. The van der Waals surface area contributed by atoms with Gasteiger partial charge in [0.25, 0.3) is 0 Å². The Kier molecular flexibility index (Phi) is 37.9. The molecule has 1 saturated heterocycles. The van der Waals surface area contributed by atoms with Gasteiger partial charge in [-0.1, -0.05) is 141 Å². The van der Waals surface area contributed by atoms with E-state index in [1.165, 1.54) is 129 Å². The number of nitrogens with one attached hydrogen (secondary N) is 1. The van der Waals surface area contributed by atoms with Crippen molar-refractivity contribution in [3.05, 3.63) is 24.3 Å². The maximum atomic E-state index is 12.5. The molecule has 0 radical (unpaired) electrons. The van der Waals surface area contributed by atoms with Crippen LogP contribution >= 0.6 is 0 Å². The van der Waals surface area contributed by atoms with Crippen molar-refractivity contribution in [3.8, 4) is 0 Å². The van der Waals surface area contributed by atoms with Crippen LogP contribution in [-0.4, -0.2) is 56.0 Å². The van der Waals surface area contributed by atoms with Crippen molar-refractivity contribution in [2.45, 2.75) is 200 Å². The molecule has 0 bridgehead atoms. The van der Waals surface area contributed by atoms with Gasteiger partial charge < -0.3 is 15.0 Å². The second-order valence-electron chi connectivity index (χ2n) is 14.7. The van der Waals surface area contributed by atoms with Gasteiger partial charge in [-0.3, -0.25) is 9.59 Å². The molecule has 1 fully saturated rings. The third-order valence-corrected chi connectivity index (χ3v) is 9.77. The molecule has 0 amide bonds. The monoisotopic (exact) mass is 687 g/mol. The Morgan fingerprint density at radius 3 is 1.29 bits per heavy atom. The highest BCUT2D eigenvalue weighted by atomic mass is 16.1. The average molecular weight is 687 g/mol. The minimum atomic E-state index is -0.725. The van der Waals surface area contributed by atoms with E-state index in [9.17, 15) is 14.4 Å². The van der Waals surface area contributed by atoms with Crippen LogP contribution < -0.4 is 5.32 Å². The summed E-state index contributed by atoms with van der Waals surface area (Å²) in [5.41, 5.74) is 0. The Morgan fingerprint density at radius 2 is 0.918 bits per heavy atom. The molecule has 0 saturated carbocycles. The fourth-order valence-electron chi connectivity index (χ4n) is 6.31. The molecule has 0 aromatic carbocycles. The molecular weight excluding hydrogens is 604 g/mol. The summed E-state index contributed by atoms with van der Waals surface area (Å²) in [6, 6.07) is 0. The highest BCUT2D eigenvalue weighted by Crippen LogP contribution is 2.15. The maximum Gasteiger partial charge on any atom is 0.143 e. The number of Topliss-reactive ketones (excluding diaryl/α,β-unsaturated/α-hetero) is 2. The number of carbonyl (C=O) groups is 3. The van der Waals surface area contributed by atoms with Crippen LogP contribution in [0.2, 0.25) is 0 Å². The van der Waals surface area contributed by atoms with E-state index >= 15 is 0 Å². The molecule has 5 nitrogen and oxygen atoms in total. The van der Waals surface area contributed by atoms with Gasteiger partial charge in [-0.2, -0.15) is 0 Å². The smallest absolute Gasteiger partial charge is 0.143 e. The number of carbonyl (C=O) groups excluding carboxylic acids is 3. The lowest BCUT2D eigenvalue weighted by Crippen LogP contribution is -2.40. The Labute approximate surface area is 305 Å². The highest BCUT2D eigenvalue weighted by Gasteiger charge is 2.20. The first-order chi connectivity index (χ1) is 24.0. The first kappa shape index (κ1) is 47.4. The third kappa shape index (κ3) is 36.0. The Hall–Kier alpha value is -1.59. The van der Waals surface area contributed by atoms with E-state index in [2.05, 4.69) is 55.4 Å². The zero-order valence-electron chi connectivity index (χ0n) is 33.0. The minimum absolute atomic E-state index is 0.0412. The number of ketones is 2. The largest absolute Gasteiger partial charge is 0.314 e. The Morgan fingerprint density at radius 1 is 0.551 bits per heavy atom. The topological polar surface area (TPSA) is 66.5 Å². The van der Waals surface area contributed by atoms with Gasteiger partial charge in [0.1, 0.15) is 17.9 Å². The van der Waals surface area contributed by atoms with Crippen LogP contribution in [0.3, 0.4) is 0 Å². The van der Waals surface area contributed by atoms with Crippen molar-refractivity contribution in [2.75, 3.05) is 33.2 Å². The Bertz CT molecular complexity index is 787. The van der Waals surface area contributed by atoms with Gasteiger partial charge in [0.2, 0.25) is 0 Å². The molecule has 0 aliphatic carbocycles. The second-order valence-corrected chi connectivity index (χ2v) is 14.7. The van der Waals surface area contributed by atoms with E-state index in [1.54, 1.807) is 0 Å². The molecule has 0 aromatic heterocycles. The van der Waals surface area contributed by atoms with Crippen LogP contribution in [0.5, 0.6) is 0 Å². The van der Waals surface area contributed by atoms with Crippen LogP contribution in [0.25, 0.3) is 0 Å². The molecule has 1 aliphatic rings. The SMILES string of the molecule is CCCCCCCC/C=C\CCCCCCCC(=O)CC(C=O)C(=O)CCCCCCC/C=C\CCCCCCCC.CN1CCNCC1. The van der Waals surface area contributed by atoms with Crippen molar-refractivity contribution >= 4 is 17.9 Å². The molecule has 0 spiro atoms. The third-order valence-electron chi connectivity index (χ3n) is 9.77. The molecule has 1 N–H and O–H groups in total. The number of nitrogens with zero attached hydrogens (tertiary/aromatic N) is 1. The van der Waals surface area contributed by atoms with Gasteiger partial charge >= 0.3 is 0 Å². The van der Waals surface area contributed by atoms with Gasteiger partial charge in [0.05, 0.1) is 5.92 Å². The van der Waals surface area contributed by atoms with Gasteiger partial charge in [-0.05, 0) is 71.3 Å². The van der Waals surface area contributed by atoms with Crippen LogP contribution in [0.15, 0.2) is 24.3 Å². The molecule has 0 aromatic rings. The quantitative estimate of drug-likeness (QED) is 0.0316. The first-order valence-electron chi connectivity index (χ1n) is 21.2. The summed E-state index contributed by atoms with van der Waals surface area (Å²) in [5, 5.41) is 3.27. The molecule has 286 valence electrons. The zero-order chi connectivity index (χ0) is 35.9. The van der Waals surface area contributed by atoms with Crippen LogP contribution in [-0.2, 0) is 14.4 Å². The highest BCUT2D eigenvalue weighted by molar-refractivity contribution is 5.97. The summed E-state index contributed by atoms with van der Waals surface area (Å²) in [4.78, 5) is 38.6. The van der Waals surface area contributed by atoms with Crippen LogP contribution in [0.1, 0.15) is 200 Å². The van der Waals surface area contributed by atoms with Crippen molar-refractivity contribution in [1.82, 2.24) is 10.2 Å². The predicted molar refractivity (Wildman–Crippen MR) is 213 cm³/mol. The molecule has 1 rings (SSSR count). The molecule has 1 aliphatic heterocycles. The molecule has 1 atom stereocenters. The number of aldehydes is 1. The number of piperazine rings is 1. The van der Waals surface area contributed by atoms with E-state index in [-0.39, 0.29) is 18.0 Å². The van der Waals surface area contributed by atoms with Crippen molar-refractivity contribution in [1.29, 1.82) is 0 Å². The van der Waals surface area contributed by atoms with E-state index < -0.39 is 5.92 Å². The van der Waals surface area contributed by atoms with Crippen LogP contribution in [0.4, 0.5) is 0 Å². The molecule has 49 heavy (non-hydrogen) atoms. The van der Waals surface area contributed by atoms with Gasteiger partial charge in [0.15, 0.2) is 0 Å². The van der Waals surface area contributed by atoms with Gasteiger partial charge in [-0.15, -0.1) is 0 Å².